The van der Waals surface area contributed by atoms with Crippen LogP contribution in [0.1, 0.15) is 24.0 Å². The summed E-state index contributed by atoms with van der Waals surface area (Å²) >= 11 is 0. The van der Waals surface area contributed by atoms with Gasteiger partial charge in [0.1, 0.15) is 0 Å². The fourth-order valence-electron chi connectivity index (χ4n) is 2.95. The first kappa shape index (κ1) is 15.3. The van der Waals surface area contributed by atoms with Crippen molar-refractivity contribution in [3.8, 4) is 0 Å². The van der Waals surface area contributed by atoms with Crippen molar-refractivity contribution in [2.24, 2.45) is 5.73 Å². The van der Waals surface area contributed by atoms with Crippen LogP contribution in [0.5, 0.6) is 0 Å². The van der Waals surface area contributed by atoms with Crippen molar-refractivity contribution in [3.63, 3.8) is 0 Å². The van der Waals surface area contributed by atoms with Crippen molar-refractivity contribution >= 4 is 18.3 Å². The Labute approximate surface area is 125 Å². The molecular weight excluding hydrogens is 276 g/mol. The number of amides is 1. The third kappa shape index (κ3) is 2.97. The number of hydrogen-bond donors (Lipinski definition) is 2. The highest BCUT2D eigenvalue weighted by Crippen LogP contribution is 2.23. The zero-order valence-corrected chi connectivity index (χ0v) is 12.2. The van der Waals surface area contributed by atoms with Crippen LogP contribution in [0.3, 0.4) is 0 Å². The van der Waals surface area contributed by atoms with E-state index in [-0.39, 0.29) is 24.4 Å². The normalized spacial score (nSPS) is 20.9. The van der Waals surface area contributed by atoms with Crippen LogP contribution >= 0.6 is 12.4 Å². The summed E-state index contributed by atoms with van der Waals surface area (Å²) in [7, 11) is 0. The molecule has 0 unspecified atom stereocenters. The van der Waals surface area contributed by atoms with Crippen LogP contribution in [-0.4, -0.2) is 30.7 Å². The van der Waals surface area contributed by atoms with Gasteiger partial charge in [0.2, 0.25) is 5.91 Å². The van der Waals surface area contributed by atoms with Crippen molar-refractivity contribution in [2.45, 2.75) is 37.3 Å². The molecule has 1 heterocycles. The van der Waals surface area contributed by atoms with E-state index < -0.39 is 5.54 Å². The van der Waals surface area contributed by atoms with Gasteiger partial charge in [-0.2, -0.15) is 0 Å². The van der Waals surface area contributed by atoms with Crippen LogP contribution in [0, 0.1) is 0 Å². The average Bonchev–Trinajstić information content (AvgIpc) is 2.81. The first-order valence-electron chi connectivity index (χ1n) is 6.92. The highest BCUT2D eigenvalue weighted by Gasteiger charge is 2.37. The van der Waals surface area contributed by atoms with Gasteiger partial charge in [0.15, 0.2) is 0 Å². The molecule has 1 amide bonds. The van der Waals surface area contributed by atoms with Gasteiger partial charge < -0.3 is 15.8 Å². The maximum Gasteiger partial charge on any atom is 0.240 e. The molecule has 0 bridgehead atoms. The number of nitrogens with two attached hydrogens (primary N) is 1. The molecule has 1 aromatic rings. The molecule has 2 aliphatic rings. The Morgan fingerprint density at radius 3 is 2.30 bits per heavy atom. The second-order valence-electron chi connectivity index (χ2n) is 5.62. The number of carbonyl (C=O) groups is 1. The molecule has 1 aliphatic heterocycles. The predicted octanol–water partition coefficient (Wildman–Crippen LogP) is 1.20. The topological polar surface area (TPSA) is 64.4 Å². The first-order chi connectivity index (χ1) is 9.17. The molecule has 0 aromatic heterocycles. The molecule has 1 aromatic carbocycles. The number of fused-ring (bicyclic) bond motifs is 1. The van der Waals surface area contributed by atoms with Gasteiger partial charge >= 0.3 is 0 Å². The van der Waals surface area contributed by atoms with Gasteiger partial charge in [-0.3, -0.25) is 4.79 Å². The Morgan fingerprint density at radius 1 is 1.20 bits per heavy atom. The van der Waals surface area contributed by atoms with Gasteiger partial charge in [-0.25, -0.2) is 0 Å². The Bertz CT molecular complexity index is 462. The highest BCUT2D eigenvalue weighted by molar-refractivity contribution is 5.86. The van der Waals surface area contributed by atoms with Gasteiger partial charge in [-0.05, 0) is 36.8 Å². The minimum absolute atomic E-state index is 0. The lowest BCUT2D eigenvalue weighted by molar-refractivity contribution is -0.130. The summed E-state index contributed by atoms with van der Waals surface area (Å²) in [6.45, 7) is 1.16. The van der Waals surface area contributed by atoms with Gasteiger partial charge in [0.05, 0.1) is 5.54 Å². The molecule has 3 N–H and O–H groups in total. The molecule has 0 radical (unpaired) electrons. The molecule has 110 valence electrons. The maximum atomic E-state index is 12.3. The van der Waals surface area contributed by atoms with E-state index in [9.17, 15) is 4.79 Å². The van der Waals surface area contributed by atoms with Crippen LogP contribution < -0.4 is 11.1 Å². The molecule has 0 atom stereocenters. The van der Waals surface area contributed by atoms with E-state index in [1.54, 1.807) is 0 Å². The monoisotopic (exact) mass is 296 g/mol. The zero-order chi connectivity index (χ0) is 13.3. The van der Waals surface area contributed by atoms with Crippen LogP contribution in [0.4, 0.5) is 0 Å². The van der Waals surface area contributed by atoms with E-state index in [1.165, 1.54) is 11.1 Å². The number of carbonyl (C=O) groups excluding carboxylic acids is 1. The average molecular weight is 297 g/mol. The quantitative estimate of drug-likeness (QED) is 0.862. The fourth-order valence-corrected chi connectivity index (χ4v) is 2.95. The molecule has 1 fully saturated rings. The summed E-state index contributed by atoms with van der Waals surface area (Å²) in [5.74, 6) is -0.0198. The largest absolute Gasteiger partial charge is 0.381 e. The maximum absolute atomic E-state index is 12.3. The number of rotatable bonds is 2. The van der Waals surface area contributed by atoms with Crippen LogP contribution in [0.2, 0.25) is 0 Å². The van der Waals surface area contributed by atoms with E-state index in [0.717, 1.165) is 12.8 Å². The molecule has 4 nitrogen and oxygen atoms in total. The van der Waals surface area contributed by atoms with Gasteiger partial charge in [0, 0.05) is 19.3 Å². The summed E-state index contributed by atoms with van der Waals surface area (Å²) in [4.78, 5) is 12.3. The van der Waals surface area contributed by atoms with Crippen molar-refractivity contribution in [1.82, 2.24) is 5.32 Å². The first-order valence-corrected chi connectivity index (χ1v) is 6.92. The van der Waals surface area contributed by atoms with Gasteiger partial charge in [-0.1, -0.05) is 24.3 Å². The Kier molecular flexibility index (Phi) is 4.68. The summed E-state index contributed by atoms with van der Waals surface area (Å²) in [5.41, 5.74) is 8.13. The number of ether oxygens (including phenoxy) is 1. The lowest BCUT2D eigenvalue weighted by atomic mass is 9.90. The predicted molar refractivity (Wildman–Crippen MR) is 80.0 cm³/mol. The second-order valence-corrected chi connectivity index (χ2v) is 5.62. The van der Waals surface area contributed by atoms with Gasteiger partial charge in [-0.15, -0.1) is 12.4 Å². The number of benzene rings is 1. The minimum Gasteiger partial charge on any atom is -0.381 e. The molecule has 20 heavy (non-hydrogen) atoms. The summed E-state index contributed by atoms with van der Waals surface area (Å²) < 4.78 is 5.28. The molecule has 3 rings (SSSR count). The van der Waals surface area contributed by atoms with Crippen molar-refractivity contribution in [3.05, 3.63) is 35.4 Å². The molecule has 1 aliphatic carbocycles. The van der Waals surface area contributed by atoms with Crippen LogP contribution in [0.15, 0.2) is 24.3 Å². The molecule has 0 saturated carbocycles. The van der Waals surface area contributed by atoms with Crippen molar-refractivity contribution in [2.75, 3.05) is 13.2 Å². The third-order valence-corrected chi connectivity index (χ3v) is 4.22. The fraction of sp³-hybridized carbons (Fsp3) is 0.533. The van der Waals surface area contributed by atoms with E-state index in [4.69, 9.17) is 10.5 Å². The highest BCUT2D eigenvalue weighted by atomic mass is 35.5. The number of halogens is 1. The summed E-state index contributed by atoms with van der Waals surface area (Å²) in [6, 6.07) is 8.55. The SMILES string of the molecule is Cl.NC1(C(=O)NC2Cc3ccccc3C2)CCOCC1. The van der Waals surface area contributed by atoms with E-state index >= 15 is 0 Å². The van der Waals surface area contributed by atoms with Crippen LogP contribution in [-0.2, 0) is 22.4 Å². The lowest BCUT2D eigenvalue weighted by Crippen LogP contribution is -2.58. The third-order valence-electron chi connectivity index (χ3n) is 4.22. The minimum atomic E-state index is -0.743. The van der Waals surface area contributed by atoms with Crippen molar-refractivity contribution < 1.29 is 9.53 Å². The Balaban J connectivity index is 0.00000147. The summed E-state index contributed by atoms with van der Waals surface area (Å²) in [6.07, 6.45) is 3.04. The molecule has 1 saturated heterocycles. The second kappa shape index (κ2) is 6.12. The Hall–Kier alpha value is -1.10. The zero-order valence-electron chi connectivity index (χ0n) is 11.4. The number of nitrogens with one attached hydrogen (secondary N) is 1. The summed E-state index contributed by atoms with van der Waals surface area (Å²) in [5, 5.41) is 3.12. The Morgan fingerprint density at radius 2 is 1.75 bits per heavy atom. The molecule has 5 heteroatoms. The molecular formula is C15H21ClN2O2. The van der Waals surface area contributed by atoms with Gasteiger partial charge in [0.25, 0.3) is 0 Å². The van der Waals surface area contributed by atoms with E-state index in [0.29, 0.717) is 26.1 Å². The van der Waals surface area contributed by atoms with Crippen molar-refractivity contribution in [1.29, 1.82) is 0 Å². The van der Waals surface area contributed by atoms with Crippen LogP contribution in [0.25, 0.3) is 0 Å². The van der Waals surface area contributed by atoms with E-state index in [2.05, 4.69) is 17.4 Å². The standard InChI is InChI=1S/C15H20N2O2.ClH/c16-15(5-7-19-8-6-15)14(18)17-13-9-11-3-1-2-4-12(11)10-13;/h1-4,13H,5-10,16H2,(H,17,18);1H. The smallest absolute Gasteiger partial charge is 0.240 e. The molecule has 0 spiro atoms. The van der Waals surface area contributed by atoms with E-state index in [1.807, 2.05) is 12.1 Å². The lowest BCUT2D eigenvalue weighted by Gasteiger charge is -2.32. The number of hydrogen-bond acceptors (Lipinski definition) is 3.